The first-order chi connectivity index (χ1) is 10.7. The summed E-state index contributed by atoms with van der Waals surface area (Å²) in [5.74, 6) is 2.04. The van der Waals surface area contributed by atoms with Gasteiger partial charge >= 0.3 is 0 Å². The highest BCUT2D eigenvalue weighted by molar-refractivity contribution is 5.95. The van der Waals surface area contributed by atoms with Crippen LogP contribution in [0.5, 0.6) is 11.5 Å². The summed E-state index contributed by atoms with van der Waals surface area (Å²) in [5.41, 5.74) is 2.39. The van der Waals surface area contributed by atoms with Crippen LogP contribution in [-0.4, -0.2) is 13.2 Å². The Labute approximate surface area is 134 Å². The Bertz CT molecular complexity index is 562. The van der Waals surface area contributed by atoms with Crippen molar-refractivity contribution < 1.29 is 9.47 Å². The first kappa shape index (κ1) is 16.7. The third-order valence-electron chi connectivity index (χ3n) is 4.15. The van der Waals surface area contributed by atoms with Gasteiger partial charge in [0.15, 0.2) is 0 Å². The predicted octanol–water partition coefficient (Wildman–Crippen LogP) is 5.81. The fourth-order valence-corrected chi connectivity index (χ4v) is 2.63. The van der Waals surface area contributed by atoms with Crippen LogP contribution in [0.3, 0.4) is 0 Å². The Morgan fingerprint density at radius 2 is 1.14 bits per heavy atom. The third kappa shape index (κ3) is 3.55. The zero-order valence-corrected chi connectivity index (χ0v) is 14.4. The number of rotatable bonds is 8. The molecule has 0 saturated carbocycles. The van der Waals surface area contributed by atoms with Gasteiger partial charge in [0.25, 0.3) is 0 Å². The van der Waals surface area contributed by atoms with Crippen LogP contribution in [0.4, 0.5) is 0 Å². The maximum absolute atomic E-state index is 6.10. The van der Waals surface area contributed by atoms with Crippen LogP contribution in [0.15, 0.2) is 24.3 Å². The SMILES string of the molecule is CCCCOc1c(C)c(C)c(OCCCC)c2ccccc12. The second kappa shape index (κ2) is 8.07. The summed E-state index contributed by atoms with van der Waals surface area (Å²) in [6.07, 6.45) is 4.46. The van der Waals surface area contributed by atoms with E-state index in [4.69, 9.17) is 9.47 Å². The molecule has 0 radical (unpaired) electrons. The molecule has 0 amide bonds. The summed E-state index contributed by atoms with van der Waals surface area (Å²) in [7, 11) is 0. The van der Waals surface area contributed by atoms with Crippen molar-refractivity contribution in [1.29, 1.82) is 0 Å². The van der Waals surface area contributed by atoms with E-state index in [9.17, 15) is 0 Å². The molecule has 0 unspecified atom stereocenters. The van der Waals surface area contributed by atoms with E-state index >= 15 is 0 Å². The Morgan fingerprint density at radius 1 is 0.727 bits per heavy atom. The van der Waals surface area contributed by atoms with Crippen LogP contribution in [-0.2, 0) is 0 Å². The maximum Gasteiger partial charge on any atom is 0.130 e. The highest BCUT2D eigenvalue weighted by atomic mass is 16.5. The van der Waals surface area contributed by atoms with Crippen molar-refractivity contribution in [3.05, 3.63) is 35.4 Å². The Balaban J connectivity index is 2.44. The number of ether oxygens (including phenoxy) is 2. The van der Waals surface area contributed by atoms with Crippen molar-refractivity contribution in [2.75, 3.05) is 13.2 Å². The average Bonchev–Trinajstić information content (AvgIpc) is 2.54. The van der Waals surface area contributed by atoms with Crippen molar-refractivity contribution in [1.82, 2.24) is 0 Å². The first-order valence-corrected chi connectivity index (χ1v) is 8.48. The number of hydrogen-bond acceptors (Lipinski definition) is 2. The molecule has 0 atom stereocenters. The molecule has 0 bridgehead atoms. The van der Waals surface area contributed by atoms with E-state index in [1.54, 1.807) is 0 Å². The van der Waals surface area contributed by atoms with Gasteiger partial charge in [0.05, 0.1) is 13.2 Å². The van der Waals surface area contributed by atoms with Crippen molar-refractivity contribution in [2.24, 2.45) is 0 Å². The Morgan fingerprint density at radius 3 is 1.50 bits per heavy atom. The van der Waals surface area contributed by atoms with E-state index in [1.807, 2.05) is 0 Å². The first-order valence-electron chi connectivity index (χ1n) is 8.48. The number of unbranched alkanes of at least 4 members (excludes halogenated alkanes) is 2. The van der Waals surface area contributed by atoms with Gasteiger partial charge in [-0.05, 0) is 37.8 Å². The number of benzene rings is 2. The molecular weight excluding hydrogens is 272 g/mol. The lowest BCUT2D eigenvalue weighted by atomic mass is 9.99. The van der Waals surface area contributed by atoms with Crippen LogP contribution in [0, 0.1) is 13.8 Å². The van der Waals surface area contributed by atoms with E-state index in [-0.39, 0.29) is 0 Å². The minimum atomic E-state index is 0.775. The van der Waals surface area contributed by atoms with E-state index in [0.29, 0.717) is 0 Å². The fraction of sp³-hybridized carbons (Fsp3) is 0.500. The molecule has 22 heavy (non-hydrogen) atoms. The normalized spacial score (nSPS) is 10.9. The van der Waals surface area contributed by atoms with Gasteiger partial charge in [-0.3, -0.25) is 0 Å². The summed E-state index contributed by atoms with van der Waals surface area (Å²) < 4.78 is 12.2. The van der Waals surface area contributed by atoms with Gasteiger partial charge < -0.3 is 9.47 Å². The number of fused-ring (bicyclic) bond motifs is 1. The van der Waals surface area contributed by atoms with Gasteiger partial charge in [-0.15, -0.1) is 0 Å². The maximum atomic E-state index is 6.10. The topological polar surface area (TPSA) is 18.5 Å². The van der Waals surface area contributed by atoms with Gasteiger partial charge in [0, 0.05) is 10.8 Å². The quantitative estimate of drug-likeness (QED) is 0.572. The molecule has 2 aromatic rings. The van der Waals surface area contributed by atoms with Crippen molar-refractivity contribution >= 4 is 10.8 Å². The lowest BCUT2D eigenvalue weighted by Gasteiger charge is -2.19. The largest absolute Gasteiger partial charge is 0.493 e. The van der Waals surface area contributed by atoms with Crippen molar-refractivity contribution in [3.8, 4) is 11.5 Å². The molecule has 2 heteroatoms. The molecule has 0 N–H and O–H groups in total. The summed E-state index contributed by atoms with van der Waals surface area (Å²) in [5, 5.41) is 2.32. The predicted molar refractivity (Wildman–Crippen MR) is 94.2 cm³/mol. The molecule has 0 saturated heterocycles. The van der Waals surface area contributed by atoms with Gasteiger partial charge in [-0.2, -0.15) is 0 Å². The van der Waals surface area contributed by atoms with Gasteiger partial charge in [-0.1, -0.05) is 51.0 Å². The summed E-state index contributed by atoms with van der Waals surface area (Å²) in [6, 6.07) is 8.41. The molecule has 0 aromatic heterocycles. The second-order valence-electron chi connectivity index (χ2n) is 5.86. The zero-order chi connectivity index (χ0) is 15.9. The van der Waals surface area contributed by atoms with Gasteiger partial charge in [-0.25, -0.2) is 0 Å². The zero-order valence-electron chi connectivity index (χ0n) is 14.4. The molecule has 0 aliphatic carbocycles. The summed E-state index contributed by atoms with van der Waals surface area (Å²) >= 11 is 0. The van der Waals surface area contributed by atoms with Crippen LogP contribution in [0.2, 0.25) is 0 Å². The molecule has 0 aliphatic rings. The van der Waals surface area contributed by atoms with Crippen LogP contribution in [0.1, 0.15) is 50.7 Å². The molecular formula is C20H28O2. The van der Waals surface area contributed by atoms with E-state index in [1.165, 1.54) is 11.1 Å². The third-order valence-corrected chi connectivity index (χ3v) is 4.15. The molecule has 2 nitrogen and oxygen atoms in total. The smallest absolute Gasteiger partial charge is 0.130 e. The Hall–Kier alpha value is -1.70. The molecule has 0 fully saturated rings. The lowest BCUT2D eigenvalue weighted by molar-refractivity contribution is 0.303. The highest BCUT2D eigenvalue weighted by Crippen LogP contribution is 2.40. The van der Waals surface area contributed by atoms with Gasteiger partial charge in [0.1, 0.15) is 11.5 Å². The minimum absolute atomic E-state index is 0.775. The van der Waals surface area contributed by atoms with Crippen molar-refractivity contribution in [2.45, 2.75) is 53.4 Å². The van der Waals surface area contributed by atoms with Crippen LogP contribution < -0.4 is 9.47 Å². The van der Waals surface area contributed by atoms with Crippen LogP contribution in [0.25, 0.3) is 10.8 Å². The summed E-state index contributed by atoms with van der Waals surface area (Å²) in [6.45, 7) is 10.2. The van der Waals surface area contributed by atoms with E-state index in [0.717, 1.165) is 61.2 Å². The molecule has 120 valence electrons. The minimum Gasteiger partial charge on any atom is -0.493 e. The molecule has 0 spiro atoms. The lowest BCUT2D eigenvalue weighted by Crippen LogP contribution is -2.04. The standard InChI is InChI=1S/C20H28O2/c1-5-7-13-21-19-15(3)16(4)20(22-14-8-6-2)18-12-10-9-11-17(18)19/h9-12H,5-8,13-14H2,1-4H3. The molecule has 0 heterocycles. The molecule has 2 rings (SSSR count). The summed E-state index contributed by atoms with van der Waals surface area (Å²) in [4.78, 5) is 0. The second-order valence-corrected chi connectivity index (χ2v) is 5.86. The van der Waals surface area contributed by atoms with Crippen molar-refractivity contribution in [3.63, 3.8) is 0 Å². The van der Waals surface area contributed by atoms with Crippen LogP contribution >= 0.6 is 0 Å². The van der Waals surface area contributed by atoms with E-state index < -0.39 is 0 Å². The highest BCUT2D eigenvalue weighted by Gasteiger charge is 2.16. The monoisotopic (exact) mass is 300 g/mol. The number of hydrogen-bond donors (Lipinski definition) is 0. The van der Waals surface area contributed by atoms with E-state index in [2.05, 4.69) is 52.0 Å². The van der Waals surface area contributed by atoms with Gasteiger partial charge in [0.2, 0.25) is 0 Å². The molecule has 2 aromatic carbocycles. The molecule has 0 aliphatic heterocycles. The fourth-order valence-electron chi connectivity index (χ4n) is 2.63. The average molecular weight is 300 g/mol. The Kier molecular flexibility index (Phi) is 6.11.